The smallest absolute Gasteiger partial charge is 0.0238 e. The Bertz CT molecular complexity index is 204. The second-order valence-corrected chi connectivity index (χ2v) is 2.47. The summed E-state index contributed by atoms with van der Waals surface area (Å²) in [6.45, 7) is 7.51. The lowest BCUT2D eigenvalue weighted by molar-refractivity contribution is 0.951. The lowest BCUT2D eigenvalue weighted by atomic mass is 9.99. The lowest BCUT2D eigenvalue weighted by Crippen LogP contribution is -1.87. The van der Waals surface area contributed by atoms with Crippen molar-refractivity contribution in [3.63, 3.8) is 0 Å². The third-order valence-electron chi connectivity index (χ3n) is 1.60. The van der Waals surface area contributed by atoms with Crippen LogP contribution < -0.4 is 0 Å². The second-order valence-electron chi connectivity index (χ2n) is 2.47. The van der Waals surface area contributed by atoms with Crippen LogP contribution in [0, 0.1) is 0 Å². The van der Waals surface area contributed by atoms with E-state index in [1.165, 1.54) is 11.1 Å². The summed E-state index contributed by atoms with van der Waals surface area (Å²) in [7, 11) is 0. The predicted molar refractivity (Wildman–Crippen MR) is 45.8 cm³/mol. The molecule has 0 spiro atoms. The topological polar surface area (TPSA) is 0 Å². The molecule has 0 bridgehead atoms. The van der Waals surface area contributed by atoms with Gasteiger partial charge in [0.1, 0.15) is 0 Å². The van der Waals surface area contributed by atoms with E-state index >= 15 is 0 Å². The molecule has 0 amide bonds. The van der Waals surface area contributed by atoms with Crippen LogP contribution in [0.5, 0.6) is 0 Å². The minimum absolute atomic E-state index is 1.09. The first kappa shape index (κ1) is 7.07. The molecule has 0 atom stereocenters. The fourth-order valence-electron chi connectivity index (χ4n) is 0.987. The first-order valence-electron chi connectivity index (χ1n) is 3.50. The van der Waals surface area contributed by atoms with Crippen molar-refractivity contribution in [1.82, 2.24) is 0 Å². The predicted octanol–water partition coefficient (Wildman–Crippen LogP) is 3.01. The summed E-state index contributed by atoms with van der Waals surface area (Å²) in [5.74, 6) is 0. The van der Waals surface area contributed by atoms with Crippen molar-refractivity contribution in [1.29, 1.82) is 0 Å². The van der Waals surface area contributed by atoms with Crippen molar-refractivity contribution in [2.45, 2.75) is 12.8 Å². The highest BCUT2D eigenvalue weighted by molar-refractivity contribution is 5.33. The Morgan fingerprint density at radius 2 is 2.10 bits per heavy atom. The monoisotopic (exact) mass is 132 g/mol. The van der Waals surface area contributed by atoms with Crippen molar-refractivity contribution >= 4 is 0 Å². The lowest BCUT2D eigenvalue weighted by Gasteiger charge is -2.07. The molecule has 0 heteroatoms. The summed E-state index contributed by atoms with van der Waals surface area (Å²) in [4.78, 5) is 0. The van der Waals surface area contributed by atoms with Crippen LogP contribution in [0.1, 0.15) is 12.8 Å². The molecular formula is C10H12. The van der Waals surface area contributed by atoms with Gasteiger partial charge in [0.25, 0.3) is 0 Å². The van der Waals surface area contributed by atoms with Crippen molar-refractivity contribution in [2.75, 3.05) is 0 Å². The minimum atomic E-state index is 1.09. The molecule has 0 nitrogen and oxygen atoms in total. The van der Waals surface area contributed by atoms with Crippen LogP contribution in [0.25, 0.3) is 0 Å². The van der Waals surface area contributed by atoms with Crippen LogP contribution in [-0.4, -0.2) is 0 Å². The molecule has 0 aromatic heterocycles. The molecule has 0 radical (unpaired) electrons. The average Bonchev–Trinajstić information content (AvgIpc) is 1.95. The molecule has 1 rings (SSSR count). The van der Waals surface area contributed by atoms with Crippen LogP contribution in [0.2, 0.25) is 0 Å². The summed E-state index contributed by atoms with van der Waals surface area (Å²) in [6, 6.07) is 0. The quantitative estimate of drug-likeness (QED) is 0.514. The van der Waals surface area contributed by atoms with Gasteiger partial charge < -0.3 is 0 Å². The van der Waals surface area contributed by atoms with Gasteiger partial charge in [-0.3, -0.25) is 0 Å². The van der Waals surface area contributed by atoms with Crippen LogP contribution in [0.15, 0.2) is 48.6 Å². The van der Waals surface area contributed by atoms with Gasteiger partial charge in [0.2, 0.25) is 0 Å². The highest BCUT2D eigenvalue weighted by atomic mass is 14.0. The third-order valence-corrected chi connectivity index (χ3v) is 1.60. The first-order valence-corrected chi connectivity index (χ1v) is 3.50. The molecule has 0 aromatic carbocycles. The van der Waals surface area contributed by atoms with Gasteiger partial charge >= 0.3 is 0 Å². The molecular weight excluding hydrogens is 120 g/mol. The highest BCUT2D eigenvalue weighted by Crippen LogP contribution is 2.18. The molecule has 0 fully saturated rings. The zero-order valence-electron chi connectivity index (χ0n) is 6.14. The third kappa shape index (κ3) is 1.73. The summed E-state index contributed by atoms with van der Waals surface area (Å²) in [5, 5.41) is 0. The normalized spacial score (nSPS) is 21.6. The summed E-state index contributed by atoms with van der Waals surface area (Å²) < 4.78 is 0. The Balaban J connectivity index is 2.69. The molecule has 52 valence electrons. The van der Waals surface area contributed by atoms with E-state index in [1.54, 1.807) is 0 Å². The molecule has 0 aliphatic heterocycles. The zero-order valence-corrected chi connectivity index (χ0v) is 6.14. The fourth-order valence-corrected chi connectivity index (χ4v) is 0.987. The van der Waals surface area contributed by atoms with E-state index in [4.69, 9.17) is 0 Å². The van der Waals surface area contributed by atoms with Crippen LogP contribution in [-0.2, 0) is 0 Å². The summed E-state index contributed by atoms with van der Waals surface area (Å²) >= 11 is 0. The van der Waals surface area contributed by atoms with Gasteiger partial charge in [-0.25, -0.2) is 0 Å². The molecule has 0 unspecified atom stereocenters. The fraction of sp³-hybridized carbons (Fsp3) is 0.200. The van der Waals surface area contributed by atoms with Gasteiger partial charge in [0, 0.05) is 0 Å². The maximum absolute atomic E-state index is 3.87. The Kier molecular flexibility index (Phi) is 2.27. The second kappa shape index (κ2) is 3.21. The van der Waals surface area contributed by atoms with Crippen LogP contribution in [0.3, 0.4) is 0 Å². The number of rotatable bonds is 1. The Hall–Kier alpha value is -1.04. The largest absolute Gasteiger partial charge is 0.0991 e. The van der Waals surface area contributed by atoms with E-state index in [-0.39, 0.29) is 0 Å². The SMILES string of the molecule is C=C/C=C1/C=CC(=C)CC1. The van der Waals surface area contributed by atoms with E-state index in [2.05, 4.69) is 25.3 Å². The van der Waals surface area contributed by atoms with Gasteiger partial charge in [-0.05, 0) is 18.4 Å². The van der Waals surface area contributed by atoms with Gasteiger partial charge in [-0.2, -0.15) is 0 Å². The molecule has 1 aliphatic rings. The molecule has 0 saturated carbocycles. The van der Waals surface area contributed by atoms with Crippen molar-refractivity contribution < 1.29 is 0 Å². The number of hydrogen-bond acceptors (Lipinski definition) is 0. The van der Waals surface area contributed by atoms with Gasteiger partial charge in [0.05, 0.1) is 0 Å². The molecule has 10 heavy (non-hydrogen) atoms. The van der Waals surface area contributed by atoms with Crippen LogP contribution >= 0.6 is 0 Å². The number of hydrogen-bond donors (Lipinski definition) is 0. The Labute approximate surface area is 62.3 Å². The average molecular weight is 132 g/mol. The van der Waals surface area contributed by atoms with E-state index in [0.29, 0.717) is 0 Å². The molecule has 0 aromatic rings. The highest BCUT2D eigenvalue weighted by Gasteiger charge is 1.99. The maximum atomic E-state index is 3.87. The van der Waals surface area contributed by atoms with Gasteiger partial charge in [0.15, 0.2) is 0 Å². The molecule has 0 heterocycles. The molecule has 0 N–H and O–H groups in total. The van der Waals surface area contributed by atoms with E-state index in [0.717, 1.165) is 12.8 Å². The first-order chi connectivity index (χ1) is 4.83. The summed E-state index contributed by atoms with van der Waals surface area (Å²) in [6.07, 6.45) is 10.3. The molecule has 0 saturated heterocycles. The van der Waals surface area contributed by atoms with E-state index in [1.807, 2.05) is 12.2 Å². The molecule has 1 aliphatic carbocycles. The Morgan fingerprint density at radius 3 is 2.60 bits per heavy atom. The van der Waals surface area contributed by atoms with Gasteiger partial charge in [-0.15, -0.1) is 0 Å². The van der Waals surface area contributed by atoms with E-state index in [9.17, 15) is 0 Å². The summed E-state index contributed by atoms with van der Waals surface area (Å²) in [5.41, 5.74) is 2.57. The maximum Gasteiger partial charge on any atom is -0.0238 e. The van der Waals surface area contributed by atoms with E-state index < -0.39 is 0 Å². The Morgan fingerprint density at radius 1 is 1.30 bits per heavy atom. The van der Waals surface area contributed by atoms with Crippen molar-refractivity contribution in [3.05, 3.63) is 48.6 Å². The van der Waals surface area contributed by atoms with Crippen LogP contribution in [0.4, 0.5) is 0 Å². The van der Waals surface area contributed by atoms with Crippen molar-refractivity contribution in [3.8, 4) is 0 Å². The van der Waals surface area contributed by atoms with Gasteiger partial charge in [-0.1, -0.05) is 43.0 Å². The zero-order chi connectivity index (χ0) is 7.40. The minimum Gasteiger partial charge on any atom is -0.0991 e. The van der Waals surface area contributed by atoms with Crippen molar-refractivity contribution in [2.24, 2.45) is 0 Å². The standard InChI is InChI=1S/C10H12/c1-3-4-10-7-5-9(2)6-8-10/h3-5,7H,1-2,6,8H2/b10-4-. The number of allylic oxidation sites excluding steroid dienone is 6.